The minimum Gasteiger partial charge on any atom is -0.288 e. The van der Waals surface area contributed by atoms with Gasteiger partial charge in [0, 0.05) is 24.0 Å². The fourth-order valence-corrected chi connectivity index (χ4v) is 3.17. The van der Waals surface area contributed by atoms with Crippen LogP contribution in [0.3, 0.4) is 0 Å². The van der Waals surface area contributed by atoms with E-state index in [1.54, 1.807) is 42.1 Å². The van der Waals surface area contributed by atoms with Crippen molar-refractivity contribution in [1.29, 1.82) is 0 Å². The first-order chi connectivity index (χ1) is 13.4. The van der Waals surface area contributed by atoms with Gasteiger partial charge in [0.2, 0.25) is 0 Å². The van der Waals surface area contributed by atoms with E-state index in [1.165, 1.54) is 24.5 Å². The Morgan fingerprint density at radius 1 is 1.29 bits per heavy atom. The molecule has 0 radical (unpaired) electrons. The van der Waals surface area contributed by atoms with E-state index in [2.05, 4.69) is 15.4 Å². The van der Waals surface area contributed by atoms with E-state index < -0.39 is 6.04 Å². The average molecular weight is 379 g/mol. The number of rotatable bonds is 3. The van der Waals surface area contributed by atoms with Gasteiger partial charge in [-0.3, -0.25) is 20.1 Å². The number of amides is 1. The Bertz CT molecular complexity index is 1140. The molecule has 0 saturated heterocycles. The normalized spacial score (nSPS) is 16.0. The third-order valence-corrected chi connectivity index (χ3v) is 4.62. The number of hydrogen-bond acceptors (Lipinski definition) is 5. The Hall–Kier alpha value is -3.52. The van der Waals surface area contributed by atoms with Crippen molar-refractivity contribution in [2.24, 2.45) is 0 Å². The summed E-state index contributed by atoms with van der Waals surface area (Å²) in [6, 6.07) is 3.89. The van der Waals surface area contributed by atoms with Crippen LogP contribution in [0.5, 0.6) is 0 Å². The molecule has 0 aliphatic carbocycles. The minimum atomic E-state index is -0.508. The molecule has 1 atom stereocenters. The second kappa shape index (κ2) is 6.90. The first-order valence-electron chi connectivity index (χ1n) is 8.68. The molecule has 1 aromatic carbocycles. The van der Waals surface area contributed by atoms with Crippen molar-refractivity contribution < 1.29 is 14.4 Å². The van der Waals surface area contributed by atoms with Gasteiger partial charge < -0.3 is 0 Å². The molecule has 3 heterocycles. The third-order valence-electron chi connectivity index (χ3n) is 4.62. The predicted molar refractivity (Wildman–Crippen MR) is 102 cm³/mol. The van der Waals surface area contributed by atoms with E-state index in [0.29, 0.717) is 22.6 Å². The molecule has 7 nitrogen and oxygen atoms in total. The molecule has 1 aliphatic rings. The molecule has 28 heavy (non-hydrogen) atoms. The number of halogens is 1. The average Bonchev–Trinajstić information content (AvgIpc) is 2.96. The number of fused-ring (bicyclic) bond motifs is 1. The maximum atomic E-state index is 13.5. The van der Waals surface area contributed by atoms with Gasteiger partial charge in [-0.1, -0.05) is 12.2 Å². The van der Waals surface area contributed by atoms with Gasteiger partial charge >= 0.3 is 0 Å². The van der Waals surface area contributed by atoms with Crippen LogP contribution in [-0.2, 0) is 0 Å². The lowest BCUT2D eigenvalue weighted by atomic mass is 10.1. The van der Waals surface area contributed by atoms with Gasteiger partial charge in [0.25, 0.3) is 5.91 Å². The number of allylic oxidation sites excluding steroid dienone is 2. The number of carbonyl (C=O) groups is 1. The summed E-state index contributed by atoms with van der Waals surface area (Å²) in [4.78, 5) is 21.3. The highest BCUT2D eigenvalue weighted by Crippen LogP contribution is 2.23. The minimum absolute atomic E-state index is 0.310. The van der Waals surface area contributed by atoms with Crippen molar-refractivity contribution in [3.8, 4) is 0 Å². The zero-order valence-corrected chi connectivity index (χ0v) is 15.3. The lowest BCUT2D eigenvalue weighted by molar-refractivity contribution is -0.0693. The van der Waals surface area contributed by atoms with Crippen LogP contribution in [-0.4, -0.2) is 30.8 Å². The smallest absolute Gasteiger partial charge is 0.273 e. The fraction of sp³-hybridized carbons (Fsp3) is 0.150. The number of hydrogen-bond donors (Lipinski definition) is 2. The summed E-state index contributed by atoms with van der Waals surface area (Å²) in [6.45, 7) is 3.55. The molecule has 0 fully saturated rings. The second-order valence-electron chi connectivity index (χ2n) is 6.56. The maximum absolute atomic E-state index is 13.5. The molecule has 1 unspecified atom stereocenters. The fourth-order valence-electron chi connectivity index (χ4n) is 3.17. The highest BCUT2D eigenvalue weighted by molar-refractivity contribution is 6.01. The van der Waals surface area contributed by atoms with Crippen molar-refractivity contribution in [2.45, 2.75) is 19.9 Å². The highest BCUT2D eigenvalue weighted by Gasteiger charge is 2.21. The van der Waals surface area contributed by atoms with Crippen LogP contribution in [0.25, 0.3) is 10.9 Å². The number of benzene rings is 1. The largest absolute Gasteiger partial charge is 0.288 e. The van der Waals surface area contributed by atoms with Crippen LogP contribution >= 0.6 is 0 Å². The van der Waals surface area contributed by atoms with Crippen LogP contribution < -0.4 is 5.43 Å². The number of aryl methyl sites for hydroxylation is 2. The highest BCUT2D eigenvalue weighted by atomic mass is 19.1. The summed E-state index contributed by atoms with van der Waals surface area (Å²) < 4.78 is 15.0. The van der Waals surface area contributed by atoms with Crippen LogP contribution in [0.15, 0.2) is 55.0 Å². The molecule has 0 spiro atoms. The van der Waals surface area contributed by atoms with Gasteiger partial charge in [-0.2, -0.15) is 0 Å². The molecular formula is C20H18FN5O2. The van der Waals surface area contributed by atoms with Gasteiger partial charge in [0.15, 0.2) is 5.82 Å². The number of hydroxylamine groups is 2. The topological polar surface area (TPSA) is 83.3 Å². The molecule has 8 heteroatoms. The monoisotopic (exact) mass is 379 g/mol. The number of carbonyl (C=O) groups excluding carboxylic acids is 1. The molecule has 3 aromatic rings. The second-order valence-corrected chi connectivity index (χ2v) is 6.56. The van der Waals surface area contributed by atoms with E-state index in [0.717, 1.165) is 16.0 Å². The molecule has 142 valence electrons. The van der Waals surface area contributed by atoms with E-state index in [1.807, 2.05) is 6.92 Å². The number of nitrogens with one attached hydrogen (secondary N) is 1. The summed E-state index contributed by atoms with van der Waals surface area (Å²) in [5.41, 5.74) is 5.11. The van der Waals surface area contributed by atoms with E-state index >= 15 is 0 Å². The summed E-state index contributed by atoms with van der Waals surface area (Å²) in [7, 11) is 0. The van der Waals surface area contributed by atoms with Gasteiger partial charge in [-0.25, -0.2) is 19.4 Å². The zero-order valence-electron chi connectivity index (χ0n) is 15.3. The maximum Gasteiger partial charge on any atom is 0.273 e. The van der Waals surface area contributed by atoms with Crippen LogP contribution in [0.2, 0.25) is 0 Å². The summed E-state index contributed by atoms with van der Waals surface area (Å²) in [5, 5.41) is 11.6. The number of nitrogens with zero attached hydrogens (tertiary/aromatic N) is 4. The van der Waals surface area contributed by atoms with Crippen LogP contribution in [0, 0.1) is 19.7 Å². The van der Waals surface area contributed by atoms with E-state index in [-0.39, 0.29) is 11.7 Å². The van der Waals surface area contributed by atoms with Crippen LogP contribution in [0.1, 0.15) is 33.5 Å². The molecule has 0 bridgehead atoms. The Labute approximate surface area is 160 Å². The van der Waals surface area contributed by atoms with Gasteiger partial charge in [-0.05, 0) is 43.7 Å². The van der Waals surface area contributed by atoms with Crippen molar-refractivity contribution in [3.05, 3.63) is 83.5 Å². The molecule has 2 N–H and O–H groups in total. The zero-order chi connectivity index (χ0) is 19.8. The van der Waals surface area contributed by atoms with Crippen LogP contribution in [0.4, 0.5) is 4.39 Å². The van der Waals surface area contributed by atoms with Gasteiger partial charge in [0.05, 0.1) is 16.8 Å². The van der Waals surface area contributed by atoms with E-state index in [9.17, 15) is 14.4 Å². The molecule has 1 amide bonds. The predicted octanol–water partition coefficient (Wildman–Crippen LogP) is 3.39. The Balaban J connectivity index is 1.61. The van der Waals surface area contributed by atoms with Gasteiger partial charge in [-0.15, -0.1) is 0 Å². The van der Waals surface area contributed by atoms with E-state index in [4.69, 9.17) is 0 Å². The molecule has 2 aromatic heterocycles. The number of aromatic nitrogens is 3. The van der Waals surface area contributed by atoms with Crippen molar-refractivity contribution in [2.75, 3.05) is 5.43 Å². The Kier molecular flexibility index (Phi) is 4.40. The lowest BCUT2D eigenvalue weighted by Crippen LogP contribution is -2.25. The molecular weight excluding hydrogens is 361 g/mol. The van der Waals surface area contributed by atoms with Crippen molar-refractivity contribution in [1.82, 2.24) is 19.7 Å². The third kappa shape index (κ3) is 3.14. The van der Waals surface area contributed by atoms with Crippen molar-refractivity contribution >= 4 is 16.8 Å². The standard InChI is InChI=1S/C20H18FN5O2/c1-12-11-25(17-7-6-14(21)9-15(12)17)24-20(27)16-10-22-19(23-13(16)2)18-5-3-4-8-26(18)28/h3-11,18,28H,1-2H3,(H,24,27). The molecule has 4 rings (SSSR count). The molecule has 1 aliphatic heterocycles. The summed E-state index contributed by atoms with van der Waals surface area (Å²) >= 11 is 0. The lowest BCUT2D eigenvalue weighted by Gasteiger charge is -2.22. The Morgan fingerprint density at radius 2 is 2.11 bits per heavy atom. The van der Waals surface area contributed by atoms with Crippen molar-refractivity contribution in [3.63, 3.8) is 0 Å². The quantitative estimate of drug-likeness (QED) is 0.729. The van der Waals surface area contributed by atoms with Gasteiger partial charge in [0.1, 0.15) is 11.9 Å². The summed E-state index contributed by atoms with van der Waals surface area (Å²) in [6.07, 6.45) is 9.91. The molecule has 0 saturated carbocycles. The first kappa shape index (κ1) is 17.9. The Morgan fingerprint density at radius 3 is 2.86 bits per heavy atom. The first-order valence-corrected chi connectivity index (χ1v) is 8.68. The SMILES string of the molecule is Cc1nc(C2C=CC=CN2O)ncc1C(=O)Nn1cc(C)c2cc(F)ccc21. The summed E-state index contributed by atoms with van der Waals surface area (Å²) in [5.74, 6) is -0.330.